The number of benzene rings is 3. The van der Waals surface area contributed by atoms with Gasteiger partial charge in [0.05, 0.1) is 6.04 Å². The van der Waals surface area contributed by atoms with Crippen LogP contribution in [0.15, 0.2) is 66.7 Å². The summed E-state index contributed by atoms with van der Waals surface area (Å²) in [6.45, 7) is 7.25. The number of hydrogen-bond acceptors (Lipinski definition) is 4. The van der Waals surface area contributed by atoms with Gasteiger partial charge in [-0.05, 0) is 85.8 Å². The second-order valence-corrected chi connectivity index (χ2v) is 11.7. The molecule has 1 unspecified atom stereocenters. The lowest BCUT2D eigenvalue weighted by atomic mass is 9.95. The highest BCUT2D eigenvalue weighted by molar-refractivity contribution is 6.31. The summed E-state index contributed by atoms with van der Waals surface area (Å²) in [5.74, 6) is 0.397. The van der Waals surface area contributed by atoms with E-state index in [-0.39, 0.29) is 23.9 Å². The Morgan fingerprint density at radius 1 is 1.02 bits per heavy atom. The molecule has 2 saturated heterocycles. The molecule has 0 radical (unpaired) electrons. The van der Waals surface area contributed by atoms with Crippen LogP contribution >= 0.6 is 11.6 Å². The van der Waals surface area contributed by atoms with Crippen LogP contribution in [0, 0.1) is 0 Å². The lowest BCUT2D eigenvalue weighted by molar-refractivity contribution is -0.133. The SMILES string of the molecule is CCC(CN1CC[C@@H](CNC(=O)c2ccc3cc(Cl)ccc3c2)N[C@@H](CCN2CCCC2)C1=O)c1ccccc1. The summed E-state index contributed by atoms with van der Waals surface area (Å²) in [6, 6.07) is 21.7. The van der Waals surface area contributed by atoms with Gasteiger partial charge in [-0.15, -0.1) is 0 Å². The van der Waals surface area contributed by atoms with Crippen LogP contribution in [0.1, 0.15) is 60.9 Å². The third-order valence-electron chi connectivity index (χ3n) is 8.50. The standard InChI is InChI=1S/C33H41ClN4O2/c1-2-24(25-8-4-3-5-9-25)23-38-19-14-30(36-31(33(38)40)15-18-37-16-6-7-17-37)22-35-32(39)28-11-10-27-21-29(34)13-12-26(27)20-28/h3-5,8-13,20-21,24,30-31,36H,2,6-7,14-19,22-23H2,1H3,(H,35,39)/t24?,30-,31-/m0/s1. The van der Waals surface area contributed by atoms with Gasteiger partial charge in [-0.3, -0.25) is 9.59 Å². The fraction of sp³-hybridized carbons (Fsp3) is 0.455. The third-order valence-corrected chi connectivity index (χ3v) is 8.74. The van der Waals surface area contributed by atoms with E-state index in [1.54, 1.807) is 0 Å². The van der Waals surface area contributed by atoms with E-state index >= 15 is 0 Å². The van der Waals surface area contributed by atoms with Gasteiger partial charge in [-0.1, -0.05) is 61.0 Å². The molecular weight excluding hydrogens is 520 g/mol. The highest BCUT2D eigenvalue weighted by atomic mass is 35.5. The molecule has 0 spiro atoms. The highest BCUT2D eigenvalue weighted by Crippen LogP contribution is 2.24. The van der Waals surface area contributed by atoms with Crippen molar-refractivity contribution in [2.24, 2.45) is 0 Å². The monoisotopic (exact) mass is 560 g/mol. The van der Waals surface area contributed by atoms with E-state index in [1.165, 1.54) is 18.4 Å². The van der Waals surface area contributed by atoms with Gasteiger partial charge in [0, 0.05) is 48.7 Å². The molecule has 2 fully saturated rings. The first kappa shape index (κ1) is 28.6. The Morgan fingerprint density at radius 2 is 1.77 bits per heavy atom. The van der Waals surface area contributed by atoms with Crippen molar-refractivity contribution in [3.8, 4) is 0 Å². The molecule has 2 amide bonds. The van der Waals surface area contributed by atoms with E-state index in [0.29, 0.717) is 29.6 Å². The van der Waals surface area contributed by atoms with E-state index in [0.717, 1.165) is 56.2 Å². The van der Waals surface area contributed by atoms with E-state index in [9.17, 15) is 9.59 Å². The number of nitrogens with zero attached hydrogens (tertiary/aromatic N) is 2. The topological polar surface area (TPSA) is 64.7 Å². The van der Waals surface area contributed by atoms with Crippen LogP contribution in [0.25, 0.3) is 10.8 Å². The van der Waals surface area contributed by atoms with Crippen LogP contribution in [0.3, 0.4) is 0 Å². The number of amides is 2. The molecule has 212 valence electrons. The number of carbonyl (C=O) groups is 2. The van der Waals surface area contributed by atoms with Gasteiger partial charge in [0.2, 0.25) is 5.91 Å². The molecule has 6 nitrogen and oxygen atoms in total. The van der Waals surface area contributed by atoms with E-state index in [1.807, 2.05) is 42.5 Å². The smallest absolute Gasteiger partial charge is 0.251 e. The minimum absolute atomic E-state index is 0.0255. The molecule has 7 heteroatoms. The lowest BCUT2D eigenvalue weighted by Crippen LogP contribution is -2.50. The Hall–Kier alpha value is -2.93. The molecule has 2 heterocycles. The summed E-state index contributed by atoms with van der Waals surface area (Å²) in [6.07, 6.45) is 5.05. The average molecular weight is 561 g/mol. The molecule has 0 aliphatic carbocycles. The number of rotatable bonds is 10. The summed E-state index contributed by atoms with van der Waals surface area (Å²) in [4.78, 5) is 31.5. The number of likely N-dealkylation sites (tertiary alicyclic amines) is 1. The number of halogens is 1. The molecular formula is C33H41ClN4O2. The largest absolute Gasteiger partial charge is 0.350 e. The Balaban J connectivity index is 1.25. The highest BCUT2D eigenvalue weighted by Gasteiger charge is 2.32. The normalized spacial score (nSPS) is 20.9. The zero-order valence-corrected chi connectivity index (χ0v) is 24.2. The molecule has 2 N–H and O–H groups in total. The summed E-state index contributed by atoms with van der Waals surface area (Å²) >= 11 is 6.11. The van der Waals surface area contributed by atoms with Crippen LogP contribution in [-0.4, -0.2) is 73.0 Å². The van der Waals surface area contributed by atoms with Crippen LogP contribution < -0.4 is 10.6 Å². The van der Waals surface area contributed by atoms with E-state index in [2.05, 4.69) is 51.6 Å². The zero-order chi connectivity index (χ0) is 27.9. The Labute approximate surface area is 243 Å². The quantitative estimate of drug-likeness (QED) is 0.345. The minimum Gasteiger partial charge on any atom is -0.350 e. The van der Waals surface area contributed by atoms with Crippen molar-refractivity contribution in [2.45, 2.75) is 57.0 Å². The fourth-order valence-corrected chi connectivity index (χ4v) is 6.27. The summed E-state index contributed by atoms with van der Waals surface area (Å²) in [5, 5.41) is 9.45. The lowest BCUT2D eigenvalue weighted by Gasteiger charge is -2.29. The third kappa shape index (κ3) is 7.22. The fourth-order valence-electron chi connectivity index (χ4n) is 6.09. The molecule has 3 aromatic carbocycles. The van der Waals surface area contributed by atoms with Gasteiger partial charge in [0.25, 0.3) is 5.91 Å². The molecule has 0 saturated carbocycles. The van der Waals surface area contributed by atoms with Crippen LogP contribution in [0.2, 0.25) is 5.02 Å². The number of fused-ring (bicyclic) bond motifs is 1. The Morgan fingerprint density at radius 3 is 2.55 bits per heavy atom. The number of nitrogens with one attached hydrogen (secondary N) is 2. The van der Waals surface area contributed by atoms with Gasteiger partial charge in [-0.25, -0.2) is 0 Å². The summed E-state index contributed by atoms with van der Waals surface area (Å²) in [5.41, 5.74) is 1.91. The predicted molar refractivity (Wildman–Crippen MR) is 163 cm³/mol. The van der Waals surface area contributed by atoms with E-state index < -0.39 is 0 Å². The average Bonchev–Trinajstić information content (AvgIpc) is 3.46. The summed E-state index contributed by atoms with van der Waals surface area (Å²) in [7, 11) is 0. The second-order valence-electron chi connectivity index (χ2n) is 11.3. The molecule has 0 bridgehead atoms. The maximum absolute atomic E-state index is 13.8. The van der Waals surface area contributed by atoms with Crippen LogP contribution in [-0.2, 0) is 4.79 Å². The van der Waals surface area contributed by atoms with Crippen molar-refractivity contribution >= 4 is 34.2 Å². The first-order chi connectivity index (χ1) is 19.5. The Bertz CT molecular complexity index is 1290. The van der Waals surface area contributed by atoms with E-state index in [4.69, 9.17) is 11.6 Å². The molecule has 5 rings (SSSR count). The van der Waals surface area contributed by atoms with Crippen LogP contribution in [0.5, 0.6) is 0 Å². The minimum atomic E-state index is -0.247. The maximum atomic E-state index is 13.8. The van der Waals surface area contributed by atoms with Crippen LogP contribution in [0.4, 0.5) is 0 Å². The maximum Gasteiger partial charge on any atom is 0.251 e. The van der Waals surface area contributed by atoms with Gasteiger partial charge >= 0.3 is 0 Å². The van der Waals surface area contributed by atoms with Crippen molar-refractivity contribution < 1.29 is 9.59 Å². The van der Waals surface area contributed by atoms with Gasteiger partial charge < -0.3 is 20.4 Å². The second kappa shape index (κ2) is 13.6. The molecule has 3 aromatic rings. The van der Waals surface area contributed by atoms with Crippen molar-refractivity contribution in [3.63, 3.8) is 0 Å². The van der Waals surface area contributed by atoms with Crippen molar-refractivity contribution in [3.05, 3.63) is 82.9 Å². The number of hydrogen-bond donors (Lipinski definition) is 2. The molecule has 40 heavy (non-hydrogen) atoms. The Kier molecular flexibility index (Phi) is 9.74. The van der Waals surface area contributed by atoms with Crippen molar-refractivity contribution in [2.75, 3.05) is 39.3 Å². The first-order valence-corrected chi connectivity index (χ1v) is 15.2. The zero-order valence-electron chi connectivity index (χ0n) is 23.4. The number of carbonyl (C=O) groups excluding carboxylic acids is 2. The molecule has 0 aromatic heterocycles. The van der Waals surface area contributed by atoms with Crippen molar-refractivity contribution in [1.82, 2.24) is 20.4 Å². The van der Waals surface area contributed by atoms with Gasteiger partial charge in [0.1, 0.15) is 0 Å². The molecule has 2 aliphatic heterocycles. The predicted octanol–water partition coefficient (Wildman–Crippen LogP) is 5.46. The summed E-state index contributed by atoms with van der Waals surface area (Å²) < 4.78 is 0. The van der Waals surface area contributed by atoms with Crippen molar-refractivity contribution in [1.29, 1.82) is 0 Å². The van der Waals surface area contributed by atoms with Gasteiger partial charge in [-0.2, -0.15) is 0 Å². The molecule has 3 atom stereocenters. The first-order valence-electron chi connectivity index (χ1n) is 14.8. The molecule has 2 aliphatic rings. The van der Waals surface area contributed by atoms with Gasteiger partial charge in [0.15, 0.2) is 0 Å².